The summed E-state index contributed by atoms with van der Waals surface area (Å²) in [5.74, 6) is -0.876. The minimum atomic E-state index is -1.54. The number of carbonyl (C=O) groups excluding carboxylic acids is 4. The summed E-state index contributed by atoms with van der Waals surface area (Å²) < 4.78 is 18.2. The van der Waals surface area contributed by atoms with Crippen molar-refractivity contribution in [3.63, 3.8) is 0 Å². The molecule has 2 heterocycles. The monoisotopic (exact) mass is 539 g/mol. The van der Waals surface area contributed by atoms with Crippen LogP contribution in [0.3, 0.4) is 0 Å². The first-order chi connectivity index (χ1) is 17.9. The van der Waals surface area contributed by atoms with Crippen LogP contribution >= 0.6 is 11.8 Å². The van der Waals surface area contributed by atoms with E-state index in [1.165, 1.54) is 17.2 Å². The highest BCUT2D eigenvalue weighted by Gasteiger charge is 2.83. The lowest BCUT2D eigenvalue weighted by molar-refractivity contribution is -0.156. The van der Waals surface area contributed by atoms with Gasteiger partial charge in [0.2, 0.25) is 10.9 Å². The molecule has 0 N–H and O–H groups in total. The summed E-state index contributed by atoms with van der Waals surface area (Å²) in [4.78, 5) is 53.8. The van der Waals surface area contributed by atoms with Gasteiger partial charge in [-0.05, 0) is 68.7 Å². The first-order valence-corrected chi connectivity index (χ1v) is 14.0. The van der Waals surface area contributed by atoms with Crippen molar-refractivity contribution in [1.29, 1.82) is 0 Å². The first-order valence-electron chi connectivity index (χ1n) is 13.2. The second-order valence-corrected chi connectivity index (χ2v) is 13.1. The molecule has 4 aliphatic carbocycles. The second-order valence-electron chi connectivity index (χ2n) is 12.2. The van der Waals surface area contributed by atoms with E-state index in [9.17, 15) is 19.2 Å². The van der Waals surface area contributed by atoms with Crippen LogP contribution in [0.5, 0.6) is 0 Å². The van der Waals surface area contributed by atoms with Crippen LogP contribution in [0.4, 0.5) is 4.79 Å². The average Bonchev–Trinajstić information content (AvgIpc) is 3.22. The summed E-state index contributed by atoms with van der Waals surface area (Å²) in [6, 6.07) is 3.11. The molecule has 0 radical (unpaired) electrons. The molecule has 6 rings (SSSR count). The van der Waals surface area contributed by atoms with Crippen LogP contribution in [0.15, 0.2) is 46.6 Å². The number of nitrogens with zero attached hydrogens (tertiary/aromatic N) is 1. The molecule has 8 nitrogen and oxygen atoms in total. The summed E-state index contributed by atoms with van der Waals surface area (Å²) in [6.07, 6.45) is 9.42. The molecule has 202 valence electrons. The number of hydrogen-bond donors (Lipinski definition) is 0. The van der Waals surface area contributed by atoms with Gasteiger partial charge < -0.3 is 18.8 Å². The van der Waals surface area contributed by atoms with Gasteiger partial charge in [-0.15, -0.1) is 0 Å². The summed E-state index contributed by atoms with van der Waals surface area (Å²) in [5.41, 5.74) is -2.03. The van der Waals surface area contributed by atoms with Gasteiger partial charge in [-0.2, -0.15) is 0 Å². The smallest absolute Gasteiger partial charge is 0.375 e. The number of epoxide rings is 1. The van der Waals surface area contributed by atoms with Crippen molar-refractivity contribution in [3.05, 3.63) is 48.0 Å². The molecule has 3 saturated carbocycles. The zero-order valence-corrected chi connectivity index (χ0v) is 23.1. The number of amides is 1. The van der Waals surface area contributed by atoms with Crippen LogP contribution in [0.1, 0.15) is 57.0 Å². The lowest BCUT2D eigenvalue weighted by Gasteiger charge is -2.56. The van der Waals surface area contributed by atoms with Crippen molar-refractivity contribution in [2.24, 2.45) is 28.6 Å². The van der Waals surface area contributed by atoms with Gasteiger partial charge in [0.05, 0.1) is 12.4 Å². The molecule has 5 aliphatic rings. The Balaban J connectivity index is 1.43. The topological polar surface area (TPSA) is 106 Å². The van der Waals surface area contributed by atoms with Crippen molar-refractivity contribution >= 4 is 33.9 Å². The minimum Gasteiger partial charge on any atom is -0.457 e. The van der Waals surface area contributed by atoms with Crippen molar-refractivity contribution in [2.45, 2.75) is 63.8 Å². The second kappa shape index (κ2) is 8.18. The third-order valence-corrected chi connectivity index (χ3v) is 11.3. The zero-order valence-electron chi connectivity index (χ0n) is 22.3. The van der Waals surface area contributed by atoms with Gasteiger partial charge in [-0.3, -0.25) is 14.4 Å². The largest absolute Gasteiger partial charge is 0.457 e. The van der Waals surface area contributed by atoms with Gasteiger partial charge >= 0.3 is 5.97 Å². The summed E-state index contributed by atoms with van der Waals surface area (Å²) >= 11 is 0.603. The van der Waals surface area contributed by atoms with Crippen molar-refractivity contribution in [3.8, 4) is 0 Å². The molecular formula is C29H33NO7S. The first kappa shape index (κ1) is 25.6. The quantitative estimate of drug-likeness (QED) is 0.398. The molecule has 8 atom stereocenters. The van der Waals surface area contributed by atoms with E-state index in [1.807, 2.05) is 19.9 Å². The van der Waals surface area contributed by atoms with Crippen molar-refractivity contribution < 1.29 is 33.1 Å². The van der Waals surface area contributed by atoms with Gasteiger partial charge in [0.25, 0.3) is 5.24 Å². The Bertz CT molecular complexity index is 1300. The fraction of sp³-hybridized carbons (Fsp3) is 0.586. The van der Waals surface area contributed by atoms with Crippen LogP contribution in [0, 0.1) is 28.6 Å². The van der Waals surface area contributed by atoms with Gasteiger partial charge in [0, 0.05) is 42.6 Å². The summed E-state index contributed by atoms with van der Waals surface area (Å²) in [7, 11) is 3.19. The number of thioether (sulfide) groups is 1. The number of allylic oxidation sites excluding steroid dienone is 2. The highest BCUT2D eigenvalue weighted by atomic mass is 32.2. The molecule has 1 saturated heterocycles. The number of fused-ring (bicyclic) bond motifs is 3. The SMILES string of the molecule is C[C@@H]1CC2C3CCC4=CC(=O)C=C[C@]4(C)[C@@]34O[C@@H]4C[C@]2(C)[C@@]1(OC(=O)c1ccco1)C(=O)SC(=O)N(C)C. The van der Waals surface area contributed by atoms with Crippen LogP contribution in [0.25, 0.3) is 0 Å². The van der Waals surface area contributed by atoms with E-state index in [4.69, 9.17) is 13.9 Å². The molecule has 1 aromatic rings. The van der Waals surface area contributed by atoms with E-state index in [1.54, 1.807) is 32.3 Å². The molecule has 1 aromatic heterocycles. The lowest BCUT2D eigenvalue weighted by Crippen LogP contribution is -2.63. The summed E-state index contributed by atoms with van der Waals surface area (Å²) in [6.45, 7) is 6.15. The molecular weight excluding hydrogens is 506 g/mol. The van der Waals surface area contributed by atoms with E-state index in [0.717, 1.165) is 18.4 Å². The van der Waals surface area contributed by atoms with Gasteiger partial charge in [-0.25, -0.2) is 4.79 Å². The van der Waals surface area contributed by atoms with Gasteiger partial charge in [0.15, 0.2) is 11.4 Å². The Morgan fingerprint density at radius 1 is 1.18 bits per heavy atom. The molecule has 1 spiro atoms. The molecule has 4 fully saturated rings. The lowest BCUT2D eigenvalue weighted by atomic mass is 9.47. The van der Waals surface area contributed by atoms with Crippen LogP contribution in [0.2, 0.25) is 0 Å². The molecule has 9 heteroatoms. The molecule has 1 amide bonds. The normalized spacial score (nSPS) is 42.2. The van der Waals surface area contributed by atoms with E-state index in [-0.39, 0.29) is 35.4 Å². The van der Waals surface area contributed by atoms with Crippen LogP contribution < -0.4 is 0 Å². The van der Waals surface area contributed by atoms with E-state index >= 15 is 0 Å². The number of esters is 1. The molecule has 38 heavy (non-hydrogen) atoms. The fourth-order valence-corrected chi connectivity index (χ4v) is 9.47. The van der Waals surface area contributed by atoms with E-state index < -0.39 is 38.4 Å². The molecule has 0 aromatic carbocycles. The Morgan fingerprint density at radius 2 is 1.95 bits per heavy atom. The third kappa shape index (κ3) is 3.09. The highest BCUT2D eigenvalue weighted by Crippen LogP contribution is 2.77. The maximum atomic E-state index is 14.2. The van der Waals surface area contributed by atoms with Gasteiger partial charge in [0.1, 0.15) is 5.60 Å². The number of rotatable bonds is 3. The third-order valence-electron chi connectivity index (χ3n) is 10.3. The number of hydrogen-bond acceptors (Lipinski definition) is 8. The Kier molecular flexibility index (Phi) is 5.51. The maximum absolute atomic E-state index is 14.2. The Labute approximate surface area is 226 Å². The number of furan rings is 1. The number of carbonyl (C=O) groups is 4. The minimum absolute atomic E-state index is 0.0108. The predicted molar refractivity (Wildman–Crippen MR) is 139 cm³/mol. The van der Waals surface area contributed by atoms with Crippen molar-refractivity contribution in [2.75, 3.05) is 14.1 Å². The number of ketones is 1. The Hall–Kier alpha value is -2.65. The predicted octanol–water partition coefficient (Wildman–Crippen LogP) is 4.80. The molecule has 1 aliphatic heterocycles. The van der Waals surface area contributed by atoms with Crippen LogP contribution in [-0.4, -0.2) is 58.4 Å². The maximum Gasteiger partial charge on any atom is 0.375 e. The highest BCUT2D eigenvalue weighted by molar-refractivity contribution is 8.26. The molecule has 2 unspecified atom stereocenters. The molecule has 0 bridgehead atoms. The summed E-state index contributed by atoms with van der Waals surface area (Å²) in [5, 5.41) is -0.861. The number of ether oxygens (including phenoxy) is 2. The van der Waals surface area contributed by atoms with Crippen LogP contribution in [-0.2, 0) is 19.1 Å². The van der Waals surface area contributed by atoms with E-state index in [0.29, 0.717) is 24.6 Å². The van der Waals surface area contributed by atoms with Gasteiger partial charge in [-0.1, -0.05) is 25.5 Å². The Morgan fingerprint density at radius 3 is 2.63 bits per heavy atom. The van der Waals surface area contributed by atoms with Crippen molar-refractivity contribution in [1.82, 2.24) is 4.90 Å². The standard InChI is InChI=1S/C29H33NO7S/c1-16-13-20-19-9-8-17-14-18(31)10-11-26(17,2)29(19)22(36-29)15-27(20,3)28(16,24(33)38-25(34)30(4)5)37-23(32)21-7-6-12-35-21/h6-7,10-12,14,16,19-20,22H,8-9,13,15H2,1-5H3/t16-,19?,20?,22-,26+,27+,28+,29-/m1/s1. The van der Waals surface area contributed by atoms with E-state index in [2.05, 4.69) is 6.92 Å². The zero-order chi connectivity index (χ0) is 27.3. The average molecular weight is 540 g/mol. The fourth-order valence-electron chi connectivity index (χ4n) is 8.50.